The van der Waals surface area contributed by atoms with Crippen molar-refractivity contribution in [2.45, 2.75) is 24.7 Å². The summed E-state index contributed by atoms with van der Waals surface area (Å²) in [5.74, 6) is -4.47. The van der Waals surface area contributed by atoms with Gasteiger partial charge in [-0.25, -0.2) is 17.6 Å². The van der Waals surface area contributed by atoms with E-state index in [9.17, 15) is 17.6 Å². The minimum absolute atomic E-state index is 0.0278. The molecular weight excluding hydrogens is 196 g/mol. The Hall–Kier alpha value is -1.06. The number of benzene rings is 1. The lowest BCUT2D eigenvalue weighted by atomic mass is 9.97. The Labute approximate surface area is 78.5 Å². The van der Waals surface area contributed by atoms with Crippen molar-refractivity contribution in [3.05, 3.63) is 35.4 Å². The van der Waals surface area contributed by atoms with Crippen molar-refractivity contribution in [3.8, 4) is 0 Å². The summed E-state index contributed by atoms with van der Waals surface area (Å²) in [6.07, 6.45) is -0.344. The van der Waals surface area contributed by atoms with Gasteiger partial charge in [-0.3, -0.25) is 0 Å². The summed E-state index contributed by atoms with van der Waals surface area (Å²) in [5.41, 5.74) is -1.37. The normalized spacial score (nSPS) is 28.9. The lowest BCUT2D eigenvalue weighted by molar-refractivity contribution is 0.0919. The van der Waals surface area contributed by atoms with Gasteiger partial charge in [0.05, 0.1) is 5.41 Å². The summed E-state index contributed by atoms with van der Waals surface area (Å²) in [4.78, 5) is 0. The molecule has 0 radical (unpaired) electrons. The van der Waals surface area contributed by atoms with Crippen molar-refractivity contribution in [2.75, 3.05) is 0 Å². The Morgan fingerprint density at radius 3 is 1.86 bits per heavy atom. The Morgan fingerprint density at radius 1 is 1.07 bits per heavy atom. The highest BCUT2D eigenvalue weighted by atomic mass is 19.3. The second-order valence-electron chi connectivity index (χ2n) is 3.87. The highest BCUT2D eigenvalue weighted by Gasteiger charge is 2.68. The molecule has 0 amide bonds. The van der Waals surface area contributed by atoms with Crippen molar-refractivity contribution in [1.82, 2.24) is 0 Å². The standard InChI is InChI=1S/C10H8F4/c1-9(5-10(9,13)14)6-2-7(11)4-8(12)3-6/h2-4H,5H2,1H3. The first-order chi connectivity index (χ1) is 6.35. The van der Waals surface area contributed by atoms with Crippen molar-refractivity contribution < 1.29 is 17.6 Å². The van der Waals surface area contributed by atoms with Crippen LogP contribution in [0.5, 0.6) is 0 Å². The van der Waals surface area contributed by atoms with Gasteiger partial charge in [0.2, 0.25) is 0 Å². The zero-order chi connectivity index (χ0) is 10.6. The zero-order valence-electron chi connectivity index (χ0n) is 7.45. The zero-order valence-corrected chi connectivity index (χ0v) is 7.45. The van der Waals surface area contributed by atoms with E-state index in [-0.39, 0.29) is 12.0 Å². The molecule has 1 aromatic rings. The summed E-state index contributed by atoms with van der Waals surface area (Å²) in [7, 11) is 0. The second kappa shape index (κ2) is 2.49. The minimum atomic E-state index is -2.84. The van der Waals surface area contributed by atoms with E-state index < -0.39 is 23.0 Å². The molecule has 2 rings (SSSR count). The molecule has 1 atom stereocenters. The molecular formula is C10H8F4. The average Bonchev–Trinajstić information content (AvgIpc) is 2.50. The van der Waals surface area contributed by atoms with Crippen LogP contribution in [0.3, 0.4) is 0 Å². The molecule has 1 aromatic carbocycles. The minimum Gasteiger partial charge on any atom is -0.207 e. The Bertz CT molecular complexity index is 365. The molecule has 0 bridgehead atoms. The van der Waals surface area contributed by atoms with Gasteiger partial charge in [-0.15, -0.1) is 0 Å². The Morgan fingerprint density at radius 2 is 1.50 bits per heavy atom. The van der Waals surface area contributed by atoms with Gasteiger partial charge in [-0.05, 0) is 24.6 Å². The van der Waals surface area contributed by atoms with E-state index in [4.69, 9.17) is 0 Å². The first-order valence-electron chi connectivity index (χ1n) is 4.20. The van der Waals surface area contributed by atoms with Crippen molar-refractivity contribution >= 4 is 0 Å². The van der Waals surface area contributed by atoms with Crippen LogP contribution in [0.25, 0.3) is 0 Å². The highest BCUT2D eigenvalue weighted by molar-refractivity contribution is 5.36. The van der Waals surface area contributed by atoms with Crippen LogP contribution in [0, 0.1) is 11.6 Å². The van der Waals surface area contributed by atoms with Crippen LogP contribution < -0.4 is 0 Å². The largest absolute Gasteiger partial charge is 0.258 e. The van der Waals surface area contributed by atoms with Gasteiger partial charge in [0.25, 0.3) is 5.92 Å². The van der Waals surface area contributed by atoms with Gasteiger partial charge in [0.15, 0.2) is 0 Å². The Kier molecular flexibility index (Phi) is 1.69. The number of hydrogen-bond donors (Lipinski definition) is 0. The topological polar surface area (TPSA) is 0 Å². The van der Waals surface area contributed by atoms with Gasteiger partial charge in [0, 0.05) is 12.5 Å². The van der Waals surface area contributed by atoms with Gasteiger partial charge in [0.1, 0.15) is 11.6 Å². The molecule has 0 aliphatic heterocycles. The Balaban J connectivity index is 2.44. The van der Waals surface area contributed by atoms with E-state index in [2.05, 4.69) is 0 Å². The molecule has 1 unspecified atom stereocenters. The van der Waals surface area contributed by atoms with E-state index in [1.807, 2.05) is 0 Å². The van der Waals surface area contributed by atoms with Crippen molar-refractivity contribution in [2.24, 2.45) is 0 Å². The van der Waals surface area contributed by atoms with Crippen molar-refractivity contribution in [1.29, 1.82) is 0 Å². The van der Waals surface area contributed by atoms with Gasteiger partial charge >= 0.3 is 0 Å². The summed E-state index contributed by atoms with van der Waals surface area (Å²) in [6.45, 7) is 1.31. The van der Waals surface area contributed by atoms with Crippen LogP contribution in [0.2, 0.25) is 0 Å². The van der Waals surface area contributed by atoms with Crippen LogP contribution in [0.4, 0.5) is 17.6 Å². The van der Waals surface area contributed by atoms with E-state index in [0.717, 1.165) is 12.1 Å². The molecule has 0 saturated heterocycles. The summed E-state index contributed by atoms with van der Waals surface area (Å²) >= 11 is 0. The van der Waals surface area contributed by atoms with Crippen LogP contribution in [-0.2, 0) is 5.41 Å². The fourth-order valence-electron chi connectivity index (χ4n) is 1.59. The fraction of sp³-hybridized carbons (Fsp3) is 0.400. The molecule has 1 aliphatic carbocycles. The van der Waals surface area contributed by atoms with Gasteiger partial charge in [-0.2, -0.15) is 0 Å². The molecule has 1 aliphatic rings. The SMILES string of the molecule is CC1(c2cc(F)cc(F)c2)CC1(F)F. The number of halogens is 4. The molecule has 14 heavy (non-hydrogen) atoms. The molecule has 1 fully saturated rings. The third-order valence-electron chi connectivity index (χ3n) is 2.76. The first-order valence-corrected chi connectivity index (χ1v) is 4.20. The van der Waals surface area contributed by atoms with E-state index in [1.54, 1.807) is 0 Å². The molecule has 0 nitrogen and oxygen atoms in total. The van der Waals surface area contributed by atoms with E-state index >= 15 is 0 Å². The molecule has 1 saturated carbocycles. The van der Waals surface area contributed by atoms with Crippen molar-refractivity contribution in [3.63, 3.8) is 0 Å². The lowest BCUT2D eigenvalue weighted by Gasteiger charge is -2.10. The summed E-state index contributed by atoms with van der Waals surface area (Å²) in [5, 5.41) is 0. The first kappa shape index (κ1) is 9.49. The van der Waals surface area contributed by atoms with Crippen LogP contribution in [0.15, 0.2) is 18.2 Å². The molecule has 4 heteroatoms. The monoisotopic (exact) mass is 204 g/mol. The van der Waals surface area contributed by atoms with E-state index in [0.29, 0.717) is 6.07 Å². The fourth-order valence-corrected chi connectivity index (χ4v) is 1.59. The maximum Gasteiger partial charge on any atom is 0.258 e. The lowest BCUT2D eigenvalue weighted by Crippen LogP contribution is -2.12. The maximum absolute atomic E-state index is 12.9. The second-order valence-corrected chi connectivity index (χ2v) is 3.87. The van der Waals surface area contributed by atoms with Gasteiger partial charge in [-0.1, -0.05) is 0 Å². The quantitative estimate of drug-likeness (QED) is 0.616. The third kappa shape index (κ3) is 1.21. The van der Waals surface area contributed by atoms with Crippen LogP contribution in [-0.4, -0.2) is 5.92 Å². The molecule has 0 heterocycles. The predicted octanol–water partition coefficient (Wildman–Crippen LogP) is 3.26. The summed E-state index contributed by atoms with van der Waals surface area (Å²) in [6, 6.07) is 2.60. The molecule has 0 N–H and O–H groups in total. The maximum atomic E-state index is 12.9. The predicted molar refractivity (Wildman–Crippen MR) is 43.3 cm³/mol. The van der Waals surface area contributed by atoms with E-state index in [1.165, 1.54) is 6.92 Å². The average molecular weight is 204 g/mol. The smallest absolute Gasteiger partial charge is 0.207 e. The number of alkyl halides is 2. The molecule has 0 aromatic heterocycles. The number of hydrogen-bond acceptors (Lipinski definition) is 0. The van der Waals surface area contributed by atoms with Crippen LogP contribution >= 0.6 is 0 Å². The molecule has 76 valence electrons. The van der Waals surface area contributed by atoms with Crippen LogP contribution in [0.1, 0.15) is 18.9 Å². The highest BCUT2D eigenvalue weighted by Crippen LogP contribution is 2.61. The molecule has 0 spiro atoms. The van der Waals surface area contributed by atoms with Gasteiger partial charge < -0.3 is 0 Å². The summed E-state index contributed by atoms with van der Waals surface area (Å²) < 4.78 is 51.3. The number of rotatable bonds is 1. The third-order valence-corrected chi connectivity index (χ3v) is 2.76.